The topological polar surface area (TPSA) is 143 Å². The fourth-order valence-corrected chi connectivity index (χ4v) is 21.7. The molecule has 2 amide bonds. The van der Waals surface area contributed by atoms with E-state index in [2.05, 4.69) is 407 Å². The number of halogens is 4. The molecule has 656 valence electrons. The average molecular weight is 2000 g/mol. The number of benzene rings is 14. The number of carbonyl (C=O) groups is 2. The van der Waals surface area contributed by atoms with E-state index < -0.39 is 68.0 Å². The number of alkyl halides is 1. The van der Waals surface area contributed by atoms with Gasteiger partial charge in [-0.05, 0) is 201 Å². The van der Waals surface area contributed by atoms with Crippen molar-refractivity contribution in [2.45, 2.75) is 73.3 Å². The third-order valence-electron chi connectivity index (χ3n) is 17.8. The van der Waals surface area contributed by atoms with Gasteiger partial charge in [0.05, 0.1) is 0 Å². The van der Waals surface area contributed by atoms with E-state index in [1.54, 1.807) is 103 Å². The summed E-state index contributed by atoms with van der Waals surface area (Å²) in [5.41, 5.74) is 1.17. The SMILES string of the molecule is C.CC(C)(C)OC(=O)NCc1ccc(F)c(-c2ccncc2)c1.CC(C)(C)OC(=O)NCc1ccc(F)c(B(O)O)c1.CI.Clc1ccncc1.[Pd].c1ccc(P(c2ccccc2)c2ccccc2)cc1.c1ccc(P(c2ccccc2)c2ccccc2)cc1.c1ccc(P(c2ccccc2)c2ccccc2)cc1.c1ccc(P(c2ccccc2)c2ccccc2)cc1. The minimum absolute atomic E-state index is 0. The van der Waals surface area contributed by atoms with E-state index in [-0.39, 0.29) is 52.2 Å². The van der Waals surface area contributed by atoms with Crippen LogP contribution in [0.25, 0.3) is 11.1 Å². The Morgan fingerprint density at radius 1 is 0.336 bits per heavy atom. The zero-order valence-electron chi connectivity index (χ0n) is 71.8. The summed E-state index contributed by atoms with van der Waals surface area (Å²) < 4.78 is 37.4. The molecule has 128 heavy (non-hydrogen) atoms. The number of carbonyl (C=O) groups excluding carboxylic acids is 2. The number of nitrogens with one attached hydrogen (secondary N) is 2. The first-order valence-electron chi connectivity index (χ1n) is 40.7. The summed E-state index contributed by atoms with van der Waals surface area (Å²) in [6, 6.07) is 145. The smallest absolute Gasteiger partial charge is 0.444 e. The molecule has 16 rings (SSSR count). The Hall–Kier alpha value is -10.8. The van der Waals surface area contributed by atoms with Crippen molar-refractivity contribution in [3.05, 3.63) is 477 Å². The normalized spacial score (nSPS) is 10.4. The molecule has 0 aliphatic carbocycles. The van der Waals surface area contributed by atoms with Crippen molar-refractivity contribution < 1.29 is 58.3 Å². The molecule has 0 saturated carbocycles. The molecule has 14 aromatic carbocycles. The summed E-state index contributed by atoms with van der Waals surface area (Å²) in [5, 5.41) is 40.6. The van der Waals surface area contributed by atoms with E-state index in [0.29, 0.717) is 11.1 Å². The fourth-order valence-electron chi connectivity index (χ4n) is 12.4. The summed E-state index contributed by atoms with van der Waals surface area (Å²) in [7, 11) is -3.67. The van der Waals surface area contributed by atoms with Crippen LogP contribution in [0, 0.1) is 11.6 Å². The zero-order valence-corrected chi connectivity index (χ0v) is 79.8. The standard InChI is InChI=1S/4C18H15P.C17H19FN2O2.C12H17BFNO4.C5H4ClN.CH3I.CH4.Pd/c4*1-4-10-16(11-5-1)19(17-12-6-2-7-13-17)18-14-8-3-9-15-18;1-17(2,3)22-16(21)20-11-12-4-5-15(18)14(10-12)13-6-8-19-9-7-13;1-12(2,3)19-11(16)15-7-8-4-5-10(14)9(6-8)13(17)18;6-5-1-3-7-4-2-5;1-2;;/h4*1-15H;4-10H,11H2,1-3H3,(H,20,21);4-6,17-18H,7H2,1-3H3,(H,15,16);1-4H;1H3;1H4;. The van der Waals surface area contributed by atoms with Gasteiger partial charge in [0.15, 0.2) is 0 Å². The largest absolute Gasteiger partial charge is 0.491 e. The molecule has 20 heteroatoms. The van der Waals surface area contributed by atoms with Crippen molar-refractivity contribution in [3.63, 3.8) is 0 Å². The van der Waals surface area contributed by atoms with Gasteiger partial charge in [-0.25, -0.2) is 18.4 Å². The Morgan fingerprint density at radius 3 is 0.734 bits per heavy atom. The molecule has 0 atom stereocenters. The van der Waals surface area contributed by atoms with Gasteiger partial charge in [-0.15, -0.1) is 0 Å². The van der Waals surface area contributed by atoms with Crippen molar-refractivity contribution in [2.75, 3.05) is 4.93 Å². The molecule has 2 heterocycles. The van der Waals surface area contributed by atoms with Crippen LogP contribution < -0.4 is 79.8 Å². The van der Waals surface area contributed by atoms with Crippen molar-refractivity contribution in [1.82, 2.24) is 20.6 Å². The van der Waals surface area contributed by atoms with Crippen LogP contribution in [0.2, 0.25) is 5.02 Å². The Balaban J connectivity index is 0.000000206. The maximum Gasteiger partial charge on any atom is 0.491 e. The molecule has 0 bridgehead atoms. The number of ether oxygens (including phenoxy) is 2. The van der Waals surface area contributed by atoms with Crippen molar-refractivity contribution in [3.8, 4) is 11.1 Å². The minimum Gasteiger partial charge on any atom is -0.444 e. The van der Waals surface area contributed by atoms with Crippen LogP contribution in [0.5, 0.6) is 0 Å². The first-order chi connectivity index (χ1) is 61.2. The van der Waals surface area contributed by atoms with Gasteiger partial charge in [0.25, 0.3) is 0 Å². The van der Waals surface area contributed by atoms with E-state index in [1.165, 1.54) is 81.9 Å². The van der Waals surface area contributed by atoms with Crippen LogP contribution >= 0.6 is 65.9 Å². The van der Waals surface area contributed by atoms with Crippen molar-refractivity contribution in [2.24, 2.45) is 0 Å². The third-order valence-corrected chi connectivity index (χ3v) is 27.9. The number of aromatic nitrogens is 2. The van der Waals surface area contributed by atoms with Crippen LogP contribution in [0.4, 0.5) is 18.4 Å². The van der Waals surface area contributed by atoms with Crippen LogP contribution in [-0.4, -0.2) is 55.5 Å². The molecule has 0 radical (unpaired) electrons. The molecule has 0 saturated heterocycles. The molecule has 10 nitrogen and oxygen atoms in total. The minimum atomic E-state index is -1.89. The number of hydrogen-bond acceptors (Lipinski definition) is 8. The van der Waals surface area contributed by atoms with Gasteiger partial charge >= 0.3 is 19.3 Å². The first-order valence-corrected chi connectivity index (χ1v) is 48.6. The van der Waals surface area contributed by atoms with Gasteiger partial charge in [-0.1, -0.05) is 424 Å². The Kier molecular flexibility index (Phi) is 46.6. The van der Waals surface area contributed by atoms with Crippen LogP contribution in [0.1, 0.15) is 60.1 Å². The van der Waals surface area contributed by atoms with Crippen LogP contribution in [-0.2, 0) is 43.0 Å². The average Bonchev–Trinajstić information content (AvgIpc) is 0.828. The predicted molar refractivity (Wildman–Crippen MR) is 549 cm³/mol. The second kappa shape index (κ2) is 57.2. The molecule has 2 aromatic heterocycles. The van der Waals surface area contributed by atoms with Gasteiger partial charge in [-0.3, -0.25) is 9.97 Å². The van der Waals surface area contributed by atoms with E-state index in [1.807, 2.05) is 4.93 Å². The molecule has 0 fully saturated rings. The second-order valence-electron chi connectivity index (χ2n) is 29.5. The number of pyridine rings is 2. The molecule has 0 unspecified atom stereocenters. The third kappa shape index (κ3) is 36.4. The number of alkyl carbamates (subject to hydrolysis) is 2. The Bertz CT molecular complexity index is 4870. The fraction of sp³-hybridized carbons (Fsp3) is 0.111. The van der Waals surface area contributed by atoms with Crippen LogP contribution in [0.15, 0.2) is 449 Å². The summed E-state index contributed by atoms with van der Waals surface area (Å²) in [6.07, 6.45) is 5.44. The number of nitrogens with zero attached hydrogens (tertiary/aromatic N) is 2. The molecular formula is C108H107BClF2IN4O6P4Pd. The monoisotopic (exact) mass is 2000 g/mol. The van der Waals surface area contributed by atoms with Gasteiger partial charge in [0.2, 0.25) is 0 Å². The summed E-state index contributed by atoms with van der Waals surface area (Å²) in [6.45, 7) is 11.0. The van der Waals surface area contributed by atoms with Crippen LogP contribution in [0.3, 0.4) is 0 Å². The van der Waals surface area contributed by atoms with Gasteiger partial charge < -0.3 is 30.2 Å². The van der Waals surface area contributed by atoms with E-state index in [4.69, 9.17) is 31.1 Å². The second-order valence-corrected chi connectivity index (χ2v) is 38.8. The van der Waals surface area contributed by atoms with Crippen molar-refractivity contribution in [1.29, 1.82) is 0 Å². The summed E-state index contributed by atoms with van der Waals surface area (Å²) >= 11 is 7.65. The zero-order chi connectivity index (χ0) is 89.6. The van der Waals surface area contributed by atoms with E-state index >= 15 is 0 Å². The maximum atomic E-state index is 13.9. The first kappa shape index (κ1) is 104. The molecule has 0 aliphatic rings. The molecule has 0 spiro atoms. The van der Waals surface area contributed by atoms with Crippen molar-refractivity contribution >= 4 is 154 Å². The van der Waals surface area contributed by atoms with E-state index in [9.17, 15) is 18.4 Å². The number of amides is 2. The quantitative estimate of drug-likeness (QED) is 0.0288. The molecule has 16 aromatic rings. The molecule has 4 N–H and O–H groups in total. The Morgan fingerprint density at radius 2 is 0.539 bits per heavy atom. The van der Waals surface area contributed by atoms with Gasteiger partial charge in [0.1, 0.15) is 22.8 Å². The van der Waals surface area contributed by atoms with Gasteiger partial charge in [0, 0.05) is 74.3 Å². The predicted octanol–water partition coefficient (Wildman–Crippen LogP) is 21.6. The number of rotatable bonds is 18. The summed E-state index contributed by atoms with van der Waals surface area (Å²) in [4.78, 5) is 32.7. The van der Waals surface area contributed by atoms with Gasteiger partial charge in [-0.2, -0.15) is 0 Å². The number of hydrogen-bond donors (Lipinski definition) is 4. The molecular weight excluding hydrogens is 1890 g/mol. The summed E-state index contributed by atoms with van der Waals surface area (Å²) in [5.74, 6) is -1.02. The maximum absolute atomic E-state index is 13.9. The van der Waals surface area contributed by atoms with E-state index in [0.717, 1.165) is 22.2 Å². The molecule has 0 aliphatic heterocycles. The Labute approximate surface area is 793 Å².